The number of hydrogen-bond acceptors (Lipinski definition) is 7. The maximum absolute atomic E-state index is 11.4. The molecule has 2 aromatic rings. The van der Waals surface area contributed by atoms with Crippen LogP contribution in [0.5, 0.6) is 0 Å². The van der Waals surface area contributed by atoms with E-state index in [1.807, 2.05) is 30.3 Å². The summed E-state index contributed by atoms with van der Waals surface area (Å²) >= 11 is 6.01. The first-order chi connectivity index (χ1) is 15.1. The second-order valence-corrected chi connectivity index (χ2v) is 8.75. The molecule has 0 saturated carbocycles. The first-order valence-corrected chi connectivity index (χ1v) is 10.5. The summed E-state index contributed by atoms with van der Waals surface area (Å²) in [5.74, 6) is -1.41. The molecule has 0 aliphatic carbocycles. The number of halogens is 1. The number of likely N-dealkylation sites (N-methyl/N-ethyl adjacent to an activating group) is 1. The number of pyridine rings is 1. The van der Waals surface area contributed by atoms with Crippen LogP contribution in [0.4, 0.5) is 0 Å². The molecule has 0 spiro atoms. The van der Waals surface area contributed by atoms with Gasteiger partial charge in [0.2, 0.25) is 6.23 Å². The minimum Gasteiger partial charge on any atom is -0.479 e. The summed E-state index contributed by atoms with van der Waals surface area (Å²) < 4.78 is 11.6. The van der Waals surface area contributed by atoms with E-state index in [-0.39, 0.29) is 11.1 Å². The van der Waals surface area contributed by atoms with E-state index in [0.29, 0.717) is 17.3 Å². The topological polar surface area (TPSA) is 129 Å². The van der Waals surface area contributed by atoms with Crippen molar-refractivity contribution in [2.75, 3.05) is 27.2 Å². The van der Waals surface area contributed by atoms with Gasteiger partial charge in [-0.25, -0.2) is 4.79 Å². The number of hydrogen-bond donors (Lipinski definition) is 4. The zero-order valence-electron chi connectivity index (χ0n) is 17.8. The van der Waals surface area contributed by atoms with Gasteiger partial charge >= 0.3 is 5.97 Å². The number of aromatic nitrogens is 1. The number of benzene rings is 1. The molecule has 0 bridgehead atoms. The highest BCUT2D eigenvalue weighted by Crippen LogP contribution is 2.28. The highest BCUT2D eigenvalue weighted by molar-refractivity contribution is 6.30. The quantitative estimate of drug-likeness (QED) is 0.420. The third kappa shape index (κ3) is 5.44. The third-order valence-corrected chi connectivity index (χ3v) is 5.85. The summed E-state index contributed by atoms with van der Waals surface area (Å²) in [7, 11) is 3.44. The van der Waals surface area contributed by atoms with Crippen LogP contribution in [0.2, 0.25) is 5.02 Å². The van der Waals surface area contributed by atoms with E-state index in [4.69, 9.17) is 21.1 Å². The van der Waals surface area contributed by atoms with Gasteiger partial charge in [0.05, 0.1) is 26.4 Å². The summed E-state index contributed by atoms with van der Waals surface area (Å²) in [5, 5.41) is 40.4. The summed E-state index contributed by atoms with van der Waals surface area (Å²) in [6.45, 7) is 0.521. The van der Waals surface area contributed by atoms with Gasteiger partial charge in [-0.15, -0.1) is 0 Å². The fourth-order valence-corrected chi connectivity index (χ4v) is 3.82. The molecule has 2 heterocycles. The van der Waals surface area contributed by atoms with Crippen LogP contribution in [-0.2, 0) is 14.3 Å². The van der Waals surface area contributed by atoms with Gasteiger partial charge in [-0.1, -0.05) is 29.8 Å². The Bertz CT molecular complexity index is 897. The van der Waals surface area contributed by atoms with Gasteiger partial charge < -0.3 is 29.9 Å². The van der Waals surface area contributed by atoms with E-state index < -0.39 is 42.7 Å². The predicted octanol–water partition coefficient (Wildman–Crippen LogP) is 0.810. The zero-order chi connectivity index (χ0) is 23.5. The van der Waals surface area contributed by atoms with Gasteiger partial charge in [0.15, 0.2) is 12.2 Å². The number of ether oxygens (including phenoxy) is 2. The third-order valence-electron chi connectivity index (χ3n) is 5.60. The van der Waals surface area contributed by atoms with Crippen LogP contribution in [-0.4, -0.2) is 93.8 Å². The van der Waals surface area contributed by atoms with E-state index in [0.717, 1.165) is 5.56 Å². The summed E-state index contributed by atoms with van der Waals surface area (Å²) in [5.41, 5.74) is 1.57. The van der Waals surface area contributed by atoms with Crippen LogP contribution >= 0.6 is 11.6 Å². The lowest BCUT2D eigenvalue weighted by atomic mass is 9.97. The van der Waals surface area contributed by atoms with Crippen molar-refractivity contribution in [1.82, 2.24) is 4.98 Å². The lowest BCUT2D eigenvalue weighted by molar-refractivity contribution is -0.944. The van der Waals surface area contributed by atoms with Crippen LogP contribution in [0.25, 0.3) is 0 Å². The predicted molar refractivity (Wildman–Crippen MR) is 115 cm³/mol. The van der Waals surface area contributed by atoms with E-state index in [1.165, 1.54) is 0 Å². The Hall–Kier alpha value is -2.11. The first kappa shape index (κ1) is 24.5. The number of aliphatic hydroxyl groups is 3. The number of quaternary nitrogens is 1. The molecule has 9 nitrogen and oxygen atoms in total. The van der Waals surface area contributed by atoms with Crippen molar-refractivity contribution >= 4 is 17.6 Å². The number of carbonyl (C=O) groups is 1. The Labute approximate surface area is 191 Å². The maximum atomic E-state index is 11.4. The van der Waals surface area contributed by atoms with Crippen LogP contribution in [0.3, 0.4) is 0 Å². The minimum absolute atomic E-state index is 0.00964. The Morgan fingerprint density at radius 3 is 2.41 bits per heavy atom. The van der Waals surface area contributed by atoms with Gasteiger partial charge in [0.25, 0.3) is 0 Å². The van der Waals surface area contributed by atoms with Crippen molar-refractivity contribution in [3.8, 4) is 0 Å². The molecule has 32 heavy (non-hydrogen) atoms. The Kier molecular flexibility index (Phi) is 7.84. The normalized spacial score (nSPS) is 27.1. The first-order valence-electron chi connectivity index (χ1n) is 10.1. The Morgan fingerprint density at radius 2 is 1.81 bits per heavy atom. The fraction of sp³-hybridized carbons (Fsp3) is 0.455. The van der Waals surface area contributed by atoms with Crippen LogP contribution in [0.1, 0.15) is 17.4 Å². The van der Waals surface area contributed by atoms with Crippen LogP contribution < -0.4 is 0 Å². The standard InChI is InChI=1S/C22H27ClN2O7/c1-25(2,21-18(28)16(26)17(27)20(32-21)22(29)30)11-12-31-19(15-5-3-4-10-24-15)13-6-8-14(23)9-7-13/h3-10,16-21,26-28H,11-12H2,1-2H3/p+1/t16-,17-,18+,19-,20-,21+/m0/s1. The lowest BCUT2D eigenvalue weighted by Crippen LogP contribution is -2.68. The van der Waals surface area contributed by atoms with E-state index in [2.05, 4.69) is 4.98 Å². The number of aliphatic carboxylic acids is 1. The average molecular weight is 468 g/mol. The van der Waals surface area contributed by atoms with Crippen LogP contribution in [0.15, 0.2) is 48.7 Å². The molecule has 10 heteroatoms. The Balaban J connectivity index is 1.73. The number of carboxylic acids is 1. The molecule has 0 amide bonds. The molecular formula is C22H28ClN2O7+. The van der Waals surface area contributed by atoms with Crippen molar-refractivity contribution in [3.63, 3.8) is 0 Å². The molecule has 6 atom stereocenters. The van der Waals surface area contributed by atoms with Crippen molar-refractivity contribution in [3.05, 3.63) is 64.9 Å². The molecule has 0 radical (unpaired) electrons. The maximum Gasteiger partial charge on any atom is 0.335 e. The number of rotatable bonds is 8. The average Bonchev–Trinajstić information content (AvgIpc) is 2.76. The molecule has 1 aromatic carbocycles. The van der Waals surface area contributed by atoms with Gasteiger partial charge in [-0.3, -0.25) is 9.47 Å². The summed E-state index contributed by atoms with van der Waals surface area (Å²) in [6.07, 6.45) is -6.37. The van der Waals surface area contributed by atoms with Crippen molar-refractivity contribution in [2.45, 2.75) is 36.7 Å². The van der Waals surface area contributed by atoms with Crippen molar-refractivity contribution in [1.29, 1.82) is 0 Å². The fourth-order valence-electron chi connectivity index (χ4n) is 3.70. The number of carboxylic acid groups (broad SMARTS) is 1. The van der Waals surface area contributed by atoms with E-state index >= 15 is 0 Å². The summed E-state index contributed by atoms with van der Waals surface area (Å²) in [4.78, 5) is 15.8. The van der Waals surface area contributed by atoms with Crippen molar-refractivity contribution < 1.29 is 39.2 Å². The van der Waals surface area contributed by atoms with Gasteiger partial charge in [0.1, 0.15) is 24.9 Å². The van der Waals surface area contributed by atoms with Crippen LogP contribution in [0, 0.1) is 0 Å². The van der Waals surface area contributed by atoms with E-state index in [1.54, 1.807) is 32.4 Å². The van der Waals surface area contributed by atoms with E-state index in [9.17, 15) is 25.2 Å². The van der Waals surface area contributed by atoms with Gasteiger partial charge in [-0.2, -0.15) is 0 Å². The molecular weight excluding hydrogens is 440 g/mol. The molecule has 4 N–H and O–H groups in total. The number of aliphatic hydroxyl groups excluding tert-OH is 3. The largest absolute Gasteiger partial charge is 0.479 e. The highest BCUT2D eigenvalue weighted by Gasteiger charge is 2.52. The monoisotopic (exact) mass is 467 g/mol. The second-order valence-electron chi connectivity index (χ2n) is 8.32. The molecule has 1 fully saturated rings. The molecule has 1 aliphatic rings. The molecule has 1 saturated heterocycles. The molecule has 0 unspecified atom stereocenters. The smallest absolute Gasteiger partial charge is 0.335 e. The van der Waals surface area contributed by atoms with Crippen molar-refractivity contribution in [2.24, 2.45) is 0 Å². The second kappa shape index (κ2) is 10.2. The molecule has 1 aromatic heterocycles. The SMILES string of the molecule is C[N+](C)(CCO[C@@H](c1ccc(Cl)cc1)c1ccccn1)[C@@H]1O[C@H](C(=O)O)[C@@H](O)[C@H](O)[C@H]1O. The van der Waals surface area contributed by atoms with Gasteiger partial charge in [-0.05, 0) is 29.8 Å². The lowest BCUT2D eigenvalue weighted by Gasteiger charge is -2.46. The minimum atomic E-state index is -1.73. The zero-order valence-corrected chi connectivity index (χ0v) is 18.5. The molecule has 1 aliphatic heterocycles. The summed E-state index contributed by atoms with van der Waals surface area (Å²) in [6, 6.07) is 12.8. The molecule has 174 valence electrons. The Morgan fingerprint density at radius 1 is 1.12 bits per heavy atom. The number of nitrogens with zero attached hydrogens (tertiary/aromatic N) is 2. The highest BCUT2D eigenvalue weighted by atomic mass is 35.5. The van der Waals surface area contributed by atoms with Gasteiger partial charge in [0, 0.05) is 11.2 Å². The molecule has 3 rings (SSSR count).